The Morgan fingerprint density at radius 3 is 2.69 bits per heavy atom. The Hall–Kier alpha value is -1.36. The maximum atomic E-state index is 11.3. The van der Waals surface area contributed by atoms with E-state index < -0.39 is 0 Å². The quantitative estimate of drug-likeness (QED) is 0.591. The van der Waals surface area contributed by atoms with E-state index in [9.17, 15) is 4.79 Å². The Morgan fingerprint density at radius 1 is 1.38 bits per heavy atom. The molecular formula is C11H17N3O2. The Balaban J connectivity index is 1.96. The van der Waals surface area contributed by atoms with Crippen LogP contribution in [0.4, 0.5) is 0 Å². The average Bonchev–Trinajstić information content (AvgIpc) is 2.78. The zero-order chi connectivity index (χ0) is 11.5. The van der Waals surface area contributed by atoms with Crippen LogP contribution in [0.2, 0.25) is 0 Å². The largest absolute Gasteiger partial charge is 0.464 e. The van der Waals surface area contributed by atoms with Gasteiger partial charge in [0, 0.05) is 32.6 Å². The number of piperazine rings is 1. The lowest BCUT2D eigenvalue weighted by Crippen LogP contribution is -2.46. The molecule has 5 heteroatoms. The molecule has 16 heavy (non-hydrogen) atoms. The van der Waals surface area contributed by atoms with E-state index in [1.807, 2.05) is 6.08 Å². The van der Waals surface area contributed by atoms with Crippen molar-refractivity contribution < 1.29 is 9.53 Å². The average molecular weight is 223 g/mol. The van der Waals surface area contributed by atoms with Crippen LogP contribution in [0.15, 0.2) is 16.8 Å². The number of hydrogen-bond acceptors (Lipinski definition) is 5. The van der Waals surface area contributed by atoms with Gasteiger partial charge in [0.05, 0.1) is 7.11 Å². The van der Waals surface area contributed by atoms with E-state index in [1.165, 1.54) is 7.11 Å². The number of ether oxygens (including phenoxy) is 1. The highest BCUT2D eigenvalue weighted by molar-refractivity contribution is 5.97. The molecule has 2 aliphatic heterocycles. The van der Waals surface area contributed by atoms with E-state index in [0.29, 0.717) is 5.70 Å². The van der Waals surface area contributed by atoms with Crippen LogP contribution in [0.5, 0.6) is 0 Å². The fourth-order valence-corrected chi connectivity index (χ4v) is 1.92. The van der Waals surface area contributed by atoms with Gasteiger partial charge < -0.3 is 14.5 Å². The molecule has 2 aliphatic rings. The Kier molecular flexibility index (Phi) is 3.24. The summed E-state index contributed by atoms with van der Waals surface area (Å²) in [6, 6.07) is 0. The Labute approximate surface area is 95.4 Å². The van der Waals surface area contributed by atoms with Gasteiger partial charge in [-0.1, -0.05) is 0 Å². The third-order valence-electron chi connectivity index (χ3n) is 2.99. The number of amidine groups is 1. The molecular weight excluding hydrogens is 206 g/mol. The minimum absolute atomic E-state index is 0.343. The standard InChI is InChI=1S/C11H17N3O2/c1-13-5-7-14(8-6-13)10-4-3-9(12-10)11(15)16-2/h3H,4-8H2,1-2H3. The molecule has 0 aliphatic carbocycles. The van der Waals surface area contributed by atoms with Crippen molar-refractivity contribution in [1.82, 2.24) is 9.80 Å². The van der Waals surface area contributed by atoms with Crippen LogP contribution in [0.1, 0.15) is 6.42 Å². The normalized spacial score (nSPS) is 21.8. The molecule has 1 saturated heterocycles. The van der Waals surface area contributed by atoms with E-state index in [2.05, 4.69) is 26.6 Å². The lowest BCUT2D eigenvalue weighted by molar-refractivity contribution is -0.136. The Morgan fingerprint density at radius 2 is 2.06 bits per heavy atom. The van der Waals surface area contributed by atoms with Crippen LogP contribution < -0.4 is 0 Å². The number of hydrogen-bond donors (Lipinski definition) is 0. The molecule has 2 rings (SSSR count). The summed E-state index contributed by atoms with van der Waals surface area (Å²) in [4.78, 5) is 20.1. The second-order valence-electron chi connectivity index (χ2n) is 4.10. The Bertz CT molecular complexity index is 341. The molecule has 0 aromatic rings. The second kappa shape index (κ2) is 4.65. The van der Waals surface area contributed by atoms with Crippen molar-refractivity contribution in [2.45, 2.75) is 6.42 Å². The zero-order valence-electron chi connectivity index (χ0n) is 9.77. The van der Waals surface area contributed by atoms with Gasteiger partial charge in [0.2, 0.25) is 0 Å². The topological polar surface area (TPSA) is 45.1 Å². The van der Waals surface area contributed by atoms with Gasteiger partial charge in [0.15, 0.2) is 0 Å². The van der Waals surface area contributed by atoms with Gasteiger partial charge in [-0.05, 0) is 13.1 Å². The van der Waals surface area contributed by atoms with Crippen LogP contribution in [-0.2, 0) is 9.53 Å². The first-order valence-corrected chi connectivity index (χ1v) is 5.50. The first kappa shape index (κ1) is 11.1. The van der Waals surface area contributed by atoms with Gasteiger partial charge in [-0.3, -0.25) is 0 Å². The number of aliphatic imine (C=N–C) groups is 1. The van der Waals surface area contributed by atoms with E-state index in [0.717, 1.165) is 38.4 Å². The summed E-state index contributed by atoms with van der Waals surface area (Å²) in [7, 11) is 3.50. The number of likely N-dealkylation sites (N-methyl/N-ethyl adjacent to an activating group) is 1. The highest BCUT2D eigenvalue weighted by Gasteiger charge is 2.22. The van der Waals surface area contributed by atoms with Crippen molar-refractivity contribution in [3.05, 3.63) is 11.8 Å². The molecule has 88 valence electrons. The van der Waals surface area contributed by atoms with Crippen LogP contribution in [0, 0.1) is 0 Å². The second-order valence-corrected chi connectivity index (χ2v) is 4.10. The van der Waals surface area contributed by atoms with E-state index in [1.54, 1.807) is 0 Å². The van der Waals surface area contributed by atoms with Gasteiger partial charge in [0.25, 0.3) is 0 Å². The molecule has 0 N–H and O–H groups in total. The molecule has 0 spiro atoms. The smallest absolute Gasteiger partial charge is 0.356 e. The van der Waals surface area contributed by atoms with Gasteiger partial charge in [-0.2, -0.15) is 0 Å². The number of nitrogens with zero attached hydrogens (tertiary/aromatic N) is 3. The lowest BCUT2D eigenvalue weighted by atomic mass is 10.3. The molecule has 2 heterocycles. The summed E-state index contributed by atoms with van der Waals surface area (Å²) < 4.78 is 4.65. The lowest BCUT2D eigenvalue weighted by Gasteiger charge is -2.33. The molecule has 0 atom stereocenters. The van der Waals surface area contributed by atoms with Crippen LogP contribution in [0.25, 0.3) is 0 Å². The molecule has 0 saturated carbocycles. The highest BCUT2D eigenvalue weighted by atomic mass is 16.5. The van der Waals surface area contributed by atoms with Crippen molar-refractivity contribution in [3.8, 4) is 0 Å². The molecule has 0 aromatic carbocycles. The van der Waals surface area contributed by atoms with Gasteiger partial charge >= 0.3 is 5.97 Å². The summed E-state index contributed by atoms with van der Waals surface area (Å²) >= 11 is 0. The minimum Gasteiger partial charge on any atom is -0.464 e. The maximum Gasteiger partial charge on any atom is 0.356 e. The van der Waals surface area contributed by atoms with Gasteiger partial charge in [0.1, 0.15) is 11.5 Å². The van der Waals surface area contributed by atoms with Crippen molar-refractivity contribution in [1.29, 1.82) is 0 Å². The third-order valence-corrected chi connectivity index (χ3v) is 2.99. The number of methoxy groups -OCH3 is 1. The molecule has 1 fully saturated rings. The van der Waals surface area contributed by atoms with E-state index in [4.69, 9.17) is 0 Å². The molecule has 0 radical (unpaired) electrons. The van der Waals surface area contributed by atoms with Crippen LogP contribution in [0.3, 0.4) is 0 Å². The number of carbonyl (C=O) groups is 1. The summed E-state index contributed by atoms with van der Waals surface area (Å²) in [5, 5.41) is 0. The predicted octanol–water partition coefficient (Wildman–Crippen LogP) is 0.0929. The fourth-order valence-electron chi connectivity index (χ4n) is 1.92. The summed E-state index contributed by atoms with van der Waals surface area (Å²) in [5.41, 5.74) is 0.441. The van der Waals surface area contributed by atoms with Crippen molar-refractivity contribution in [2.75, 3.05) is 40.3 Å². The van der Waals surface area contributed by atoms with Gasteiger partial charge in [-0.25, -0.2) is 9.79 Å². The zero-order valence-corrected chi connectivity index (χ0v) is 9.77. The summed E-state index contributed by atoms with van der Waals surface area (Å²) in [6.45, 7) is 4.06. The van der Waals surface area contributed by atoms with Crippen molar-refractivity contribution in [3.63, 3.8) is 0 Å². The van der Waals surface area contributed by atoms with Crippen molar-refractivity contribution in [2.24, 2.45) is 4.99 Å². The molecule has 0 amide bonds. The minimum atomic E-state index is -0.343. The van der Waals surface area contributed by atoms with Crippen molar-refractivity contribution >= 4 is 11.8 Å². The highest BCUT2D eigenvalue weighted by Crippen LogP contribution is 2.15. The van der Waals surface area contributed by atoms with Crippen LogP contribution >= 0.6 is 0 Å². The molecule has 0 unspecified atom stereocenters. The van der Waals surface area contributed by atoms with Crippen LogP contribution in [-0.4, -0.2) is 61.9 Å². The molecule has 5 nitrogen and oxygen atoms in total. The SMILES string of the molecule is COC(=O)C1=CCC(N2CCN(C)CC2)=N1. The molecule has 0 aromatic heterocycles. The number of rotatable bonds is 1. The number of carbonyl (C=O) groups excluding carboxylic acids is 1. The maximum absolute atomic E-state index is 11.3. The monoisotopic (exact) mass is 223 g/mol. The third kappa shape index (κ3) is 2.24. The summed E-state index contributed by atoms with van der Waals surface area (Å²) in [5.74, 6) is 0.651. The summed E-state index contributed by atoms with van der Waals surface area (Å²) in [6.07, 6.45) is 2.58. The fraction of sp³-hybridized carbons (Fsp3) is 0.636. The van der Waals surface area contributed by atoms with Gasteiger partial charge in [-0.15, -0.1) is 0 Å². The van der Waals surface area contributed by atoms with E-state index >= 15 is 0 Å². The first-order chi connectivity index (χ1) is 7.70. The number of esters is 1. The van der Waals surface area contributed by atoms with E-state index in [-0.39, 0.29) is 5.97 Å². The predicted molar refractivity (Wildman–Crippen MR) is 61.2 cm³/mol. The first-order valence-electron chi connectivity index (χ1n) is 5.50. The molecule has 0 bridgehead atoms.